The second-order valence-electron chi connectivity index (χ2n) is 6.52. The number of carbonyl (C=O) groups is 1. The van der Waals surface area contributed by atoms with E-state index in [-0.39, 0.29) is 16.1 Å². The molecule has 34 heavy (non-hydrogen) atoms. The molecular formula is C23H27BrF3N4O2S+. The molecule has 0 radical (unpaired) electrons. The maximum absolute atomic E-state index is 15.3. The normalized spacial score (nSPS) is 12.8. The molecule has 0 saturated carbocycles. The number of nitrogens with one attached hydrogen (secondary N) is 1. The zero-order chi connectivity index (χ0) is 25.8. The van der Waals surface area contributed by atoms with Gasteiger partial charge in [0.05, 0.1) is 10.6 Å². The Labute approximate surface area is 209 Å². The number of unbranched alkanes of at least 4 members (excludes halogenated alkanes) is 1. The highest BCUT2D eigenvalue weighted by Gasteiger charge is 2.30. The van der Waals surface area contributed by atoms with Crippen molar-refractivity contribution in [2.75, 3.05) is 6.26 Å². The summed E-state index contributed by atoms with van der Waals surface area (Å²) < 4.78 is 43.1. The predicted molar refractivity (Wildman–Crippen MR) is 131 cm³/mol. The van der Waals surface area contributed by atoms with E-state index >= 15 is 4.39 Å². The van der Waals surface area contributed by atoms with Crippen LogP contribution in [0.5, 0.6) is 0 Å². The second kappa shape index (κ2) is 14.7. The monoisotopic (exact) mass is 559 g/mol. The minimum Gasteiger partial charge on any atom is -0.293 e. The van der Waals surface area contributed by atoms with Crippen molar-refractivity contribution < 1.29 is 22.8 Å². The molecule has 1 aromatic carbocycles. The number of nitroso groups, excluding NO2 is 1. The van der Waals surface area contributed by atoms with Gasteiger partial charge in [-0.1, -0.05) is 67.0 Å². The van der Waals surface area contributed by atoms with Crippen LogP contribution in [-0.2, 0) is 4.79 Å². The molecule has 0 aliphatic rings. The van der Waals surface area contributed by atoms with E-state index in [9.17, 15) is 18.5 Å². The number of hydrogen-bond donors (Lipinski definition) is 1. The topological polar surface area (TPSA) is 75.0 Å². The number of allylic oxidation sites excluding steroid dienone is 3. The van der Waals surface area contributed by atoms with Crippen molar-refractivity contribution in [2.45, 2.75) is 50.5 Å². The van der Waals surface area contributed by atoms with Crippen molar-refractivity contribution in [1.82, 2.24) is 15.4 Å². The van der Waals surface area contributed by atoms with E-state index in [4.69, 9.17) is 0 Å². The minimum absolute atomic E-state index is 0.204. The lowest BCUT2D eigenvalue weighted by atomic mass is 10.1. The van der Waals surface area contributed by atoms with Gasteiger partial charge in [-0.2, -0.15) is 8.78 Å². The molecule has 2 aromatic rings. The van der Waals surface area contributed by atoms with Crippen molar-refractivity contribution in [2.24, 2.45) is 0 Å². The molecule has 1 aromatic heterocycles. The highest BCUT2D eigenvalue weighted by Crippen LogP contribution is 2.29. The molecule has 1 unspecified atom stereocenters. The average molecular weight is 560 g/mol. The summed E-state index contributed by atoms with van der Waals surface area (Å²) in [7, 11) is 0. The highest BCUT2D eigenvalue weighted by molar-refractivity contribution is 9.09. The molecule has 6 nitrogen and oxygen atoms in total. The van der Waals surface area contributed by atoms with Gasteiger partial charge in [-0.05, 0) is 37.8 Å². The third kappa shape index (κ3) is 7.76. The Morgan fingerprint density at radius 2 is 1.88 bits per heavy atom. The maximum Gasteiger partial charge on any atom is 0.362 e. The number of Topliss-reactive ketones (excluding diaryl/α,β-unsaturated/α-hetero) is 1. The molecule has 184 valence electrons. The molecule has 11 heteroatoms. The Balaban J connectivity index is 0.00000281. The van der Waals surface area contributed by atoms with Crippen molar-refractivity contribution in [3.05, 3.63) is 75.9 Å². The summed E-state index contributed by atoms with van der Waals surface area (Å²) in [5.41, 5.74) is 0.861. The average Bonchev–Trinajstić information content (AvgIpc) is 2.85. The van der Waals surface area contributed by atoms with Gasteiger partial charge in [0.15, 0.2) is 21.6 Å². The minimum atomic E-state index is -1.12. The van der Waals surface area contributed by atoms with Crippen LogP contribution >= 0.6 is 27.7 Å². The molecule has 0 amide bonds. The van der Waals surface area contributed by atoms with Gasteiger partial charge >= 0.3 is 5.69 Å². The number of hydrazine groups is 1. The van der Waals surface area contributed by atoms with E-state index in [1.807, 2.05) is 20.8 Å². The van der Waals surface area contributed by atoms with Gasteiger partial charge in [0.25, 0.3) is 0 Å². The summed E-state index contributed by atoms with van der Waals surface area (Å²) in [4.78, 5) is 32.3. The third-order valence-electron chi connectivity index (χ3n) is 4.26. The van der Waals surface area contributed by atoms with E-state index in [0.717, 1.165) is 18.2 Å². The molecular weight excluding hydrogens is 533 g/mol. The summed E-state index contributed by atoms with van der Waals surface area (Å²) in [6.07, 6.45) is 5.56. The number of thioether (sulfide) groups is 1. The number of rotatable bonds is 10. The number of carbonyl (C=O) groups excluding carboxylic acids is 1. The van der Waals surface area contributed by atoms with Crippen LogP contribution in [0.4, 0.5) is 18.9 Å². The van der Waals surface area contributed by atoms with Crippen molar-refractivity contribution in [1.29, 1.82) is 0 Å². The molecule has 0 aliphatic carbocycles. The first-order valence-corrected chi connectivity index (χ1v) is 12.6. The highest BCUT2D eigenvalue weighted by atomic mass is 79.9. The van der Waals surface area contributed by atoms with Gasteiger partial charge in [-0.25, -0.2) is 14.4 Å². The van der Waals surface area contributed by atoms with Crippen molar-refractivity contribution in [3.63, 3.8) is 0 Å². The number of benzene rings is 1. The van der Waals surface area contributed by atoms with E-state index in [1.54, 1.807) is 6.26 Å². The number of para-hydroxylation sites is 1. The van der Waals surface area contributed by atoms with E-state index in [1.165, 1.54) is 37.0 Å². The lowest BCUT2D eigenvalue weighted by molar-refractivity contribution is -0.523. The molecule has 0 bridgehead atoms. The predicted octanol–water partition coefficient (Wildman–Crippen LogP) is 7.05. The Morgan fingerprint density at radius 3 is 2.44 bits per heavy atom. The number of hydrogen-bond acceptors (Lipinski definition) is 5. The maximum atomic E-state index is 15.3. The van der Waals surface area contributed by atoms with Crippen molar-refractivity contribution in [3.8, 4) is 0 Å². The van der Waals surface area contributed by atoms with Crippen LogP contribution in [0.2, 0.25) is 0 Å². The fourth-order valence-electron chi connectivity index (χ4n) is 2.55. The Hall–Kier alpha value is -2.53. The zero-order valence-corrected chi connectivity index (χ0v) is 21.9. The smallest absolute Gasteiger partial charge is 0.293 e. The van der Waals surface area contributed by atoms with Crippen LogP contribution in [-0.4, -0.2) is 26.9 Å². The first-order chi connectivity index (χ1) is 16.2. The molecule has 1 N–H and O–H groups in total. The molecule has 0 spiro atoms. The van der Waals surface area contributed by atoms with Gasteiger partial charge in [-0.3, -0.25) is 4.79 Å². The lowest BCUT2D eigenvalue weighted by Gasteiger charge is -2.11. The summed E-state index contributed by atoms with van der Waals surface area (Å²) in [5.74, 6) is -3.89. The molecule has 0 aliphatic heterocycles. The fourth-order valence-corrected chi connectivity index (χ4v) is 3.51. The van der Waals surface area contributed by atoms with Gasteiger partial charge in [0.2, 0.25) is 11.6 Å². The Morgan fingerprint density at radius 1 is 1.26 bits per heavy atom. The van der Waals surface area contributed by atoms with E-state index in [0.29, 0.717) is 23.7 Å². The van der Waals surface area contributed by atoms with Crippen LogP contribution < -0.4 is 5.43 Å². The number of alkyl halides is 1. The molecule has 0 saturated heterocycles. The van der Waals surface area contributed by atoms with Crippen molar-refractivity contribution >= 4 is 39.2 Å². The van der Waals surface area contributed by atoms with Crippen LogP contribution in [0.15, 0.2) is 58.8 Å². The summed E-state index contributed by atoms with van der Waals surface area (Å²) >= 11 is 4.52. The van der Waals surface area contributed by atoms with E-state index < -0.39 is 33.8 Å². The SMILES string of the molecule is CC.CCC/C=C(N[N+](=O)c1c(F)cccc1F)\C(F)=C(/C)C(=O)C(Br)c1ccnc(SC)n1. The number of aromatic nitrogens is 2. The summed E-state index contributed by atoms with van der Waals surface area (Å²) in [5, 5.41) is 0.445. The van der Waals surface area contributed by atoms with Gasteiger partial charge in [0, 0.05) is 11.8 Å². The van der Waals surface area contributed by atoms with Crippen LogP contribution in [0, 0.1) is 16.5 Å². The number of halogens is 4. The van der Waals surface area contributed by atoms with Gasteiger partial charge < -0.3 is 0 Å². The lowest BCUT2D eigenvalue weighted by Crippen LogP contribution is -2.25. The zero-order valence-electron chi connectivity index (χ0n) is 19.5. The molecule has 0 fully saturated rings. The van der Waals surface area contributed by atoms with Gasteiger partial charge in [-0.15, -0.1) is 5.43 Å². The van der Waals surface area contributed by atoms with Crippen LogP contribution in [0.25, 0.3) is 0 Å². The van der Waals surface area contributed by atoms with Crippen LogP contribution in [0.3, 0.4) is 0 Å². The largest absolute Gasteiger partial charge is 0.362 e. The Bertz CT molecular complexity index is 1060. The van der Waals surface area contributed by atoms with Crippen LogP contribution in [0.1, 0.15) is 51.1 Å². The summed E-state index contributed by atoms with van der Waals surface area (Å²) in [6.45, 7) is 7.08. The van der Waals surface area contributed by atoms with Gasteiger partial charge in [0.1, 0.15) is 10.5 Å². The number of nitrogens with zero attached hydrogens (tertiary/aromatic N) is 3. The second-order valence-corrected chi connectivity index (χ2v) is 8.21. The number of ketones is 1. The molecule has 1 atom stereocenters. The molecule has 1 heterocycles. The summed E-state index contributed by atoms with van der Waals surface area (Å²) in [6, 6.07) is 4.43. The first kappa shape index (κ1) is 29.5. The Kier molecular flexibility index (Phi) is 12.7. The fraction of sp³-hybridized carbons (Fsp3) is 0.348. The quantitative estimate of drug-likeness (QED) is 0.0639. The first-order valence-electron chi connectivity index (χ1n) is 10.5. The third-order valence-corrected chi connectivity index (χ3v) is 5.71. The van der Waals surface area contributed by atoms with E-state index in [2.05, 4.69) is 31.3 Å². The molecule has 2 rings (SSSR count). The standard InChI is InChI=1S/C21H21BrF3N4O2S.C2H6/c1-4-5-9-16(28-29(31)19-13(23)7-6-8-14(19)24)18(25)12(2)20(30)17(22)15-10-11-26-21(27-15)32-3;1-2/h6-11,17H,4-5H2,1-3H3,(H,28,31);1-2H3/q+1;/b16-9+,18-12-;.